The minimum absolute atomic E-state index is 0.00967. The van der Waals surface area contributed by atoms with Crippen molar-refractivity contribution in [3.05, 3.63) is 155 Å². The van der Waals surface area contributed by atoms with Crippen LogP contribution in [0.15, 0.2) is 121 Å². The largest absolute Gasteiger partial charge is 0.381 e. The zero-order valence-corrected chi connectivity index (χ0v) is 61.2. The van der Waals surface area contributed by atoms with Crippen LogP contribution in [0.1, 0.15) is 150 Å². The number of hydrogen-bond acceptors (Lipinski definition) is 16. The van der Waals surface area contributed by atoms with E-state index in [0.29, 0.717) is 32.5 Å². The fourth-order valence-corrected chi connectivity index (χ4v) is 11.3. The van der Waals surface area contributed by atoms with Gasteiger partial charge in [-0.3, -0.25) is 53.3 Å². The minimum Gasteiger partial charge on any atom is -0.381 e. The first-order valence-corrected chi connectivity index (χ1v) is 33.5. The average Bonchev–Trinajstić information content (AvgIpc) is 0.844. The van der Waals surface area contributed by atoms with E-state index < -0.39 is 27.7 Å². The molecule has 5 aliphatic heterocycles. The number of anilines is 4. The lowest BCUT2D eigenvalue weighted by Crippen LogP contribution is -2.57. The van der Waals surface area contributed by atoms with Crippen LogP contribution in [-0.4, -0.2) is 177 Å². The molecule has 10 rings (SSSR count). The summed E-state index contributed by atoms with van der Waals surface area (Å²) in [5.41, 5.74) is 7.04. The number of nitrogens with zero attached hydrogens (tertiary/aromatic N) is 5. The SMILES string of the molecule is CC(=O)C(C)(C)N(C)C(=O)C1CCc2ccccc2N1.CC(=O)C(C)(C)N(C)C(=O)C1CNc2ccccc2N1.CC(=O)C(C)(C)N(C)C(=O)C1Cc2ccccc2CN1.CC(=O)C(C)(C)N(C)C(=O)C1Cc2ccccc2N1.CC(=O)C(C)(C)N(C)C(=O)C1NCc2ccccc21. The predicted octanol–water partition coefficient (Wildman–Crippen LogP) is 8.99. The average molecular weight is 1340 g/mol. The van der Waals surface area contributed by atoms with Crippen molar-refractivity contribution < 1.29 is 47.9 Å². The van der Waals surface area contributed by atoms with Gasteiger partial charge in [-0.05, 0) is 181 Å². The number of Topliss-reactive ketones (excluding diaryl/α,β-unsaturated/α-hetero) is 5. The summed E-state index contributed by atoms with van der Waals surface area (Å²) in [5.74, 6) is -0.340. The van der Waals surface area contributed by atoms with E-state index in [0.717, 1.165) is 52.3 Å². The second kappa shape index (κ2) is 32.1. The lowest BCUT2D eigenvalue weighted by Gasteiger charge is -2.37. The van der Waals surface area contributed by atoms with E-state index in [1.807, 2.05) is 103 Å². The number of likely N-dealkylation sites (N-methyl/N-ethyl adjacent to an activating group) is 5. The maximum Gasteiger partial charge on any atom is 0.247 e. The summed E-state index contributed by atoms with van der Waals surface area (Å²) in [5, 5.41) is 19.4. The van der Waals surface area contributed by atoms with Crippen molar-refractivity contribution in [3.63, 3.8) is 0 Å². The number of rotatable bonds is 15. The Balaban J connectivity index is 0.000000193. The molecular weight excluding hydrogens is 1240 g/mol. The van der Waals surface area contributed by atoms with E-state index in [4.69, 9.17) is 0 Å². The van der Waals surface area contributed by atoms with Crippen molar-refractivity contribution in [2.75, 3.05) is 63.1 Å². The summed E-state index contributed by atoms with van der Waals surface area (Å²) in [6.07, 6.45) is 2.99. The summed E-state index contributed by atoms with van der Waals surface area (Å²) in [6.45, 7) is 27.2. The first-order valence-electron chi connectivity index (χ1n) is 33.5. The minimum atomic E-state index is -0.796. The molecular formula is C77H105N11O10. The molecule has 0 aliphatic carbocycles. The van der Waals surface area contributed by atoms with E-state index >= 15 is 0 Å². The number of fused-ring (bicyclic) bond motifs is 5. The number of aryl methyl sites for hydroxylation is 1. The van der Waals surface area contributed by atoms with Crippen LogP contribution in [0, 0.1) is 0 Å². The fourth-order valence-electron chi connectivity index (χ4n) is 11.3. The zero-order chi connectivity index (χ0) is 73.2. The molecule has 21 nitrogen and oxygen atoms in total. The Morgan fingerprint density at radius 3 is 1.14 bits per heavy atom. The lowest BCUT2D eigenvalue weighted by atomic mass is 9.92. The van der Waals surface area contributed by atoms with E-state index in [-0.39, 0.29) is 88.7 Å². The van der Waals surface area contributed by atoms with Crippen LogP contribution in [0.3, 0.4) is 0 Å². The van der Waals surface area contributed by atoms with Crippen molar-refractivity contribution >= 4 is 81.2 Å². The molecule has 0 bridgehead atoms. The zero-order valence-electron chi connectivity index (χ0n) is 61.2. The molecule has 0 aromatic heterocycles. The molecule has 5 atom stereocenters. The van der Waals surface area contributed by atoms with E-state index in [1.165, 1.54) is 61.1 Å². The Bertz CT molecular complexity index is 3530. The molecule has 5 aromatic rings. The van der Waals surface area contributed by atoms with E-state index in [2.05, 4.69) is 50.1 Å². The Hall–Kier alpha value is -9.08. The predicted molar refractivity (Wildman–Crippen MR) is 387 cm³/mol. The normalized spacial score (nSPS) is 17.9. The van der Waals surface area contributed by atoms with Crippen LogP contribution in [-0.2, 0) is 80.3 Å². The third-order valence-corrected chi connectivity index (χ3v) is 21.1. The molecule has 6 N–H and O–H groups in total. The molecule has 0 saturated heterocycles. The molecule has 0 spiro atoms. The summed E-state index contributed by atoms with van der Waals surface area (Å²) >= 11 is 0. The monoisotopic (exact) mass is 1340 g/mol. The van der Waals surface area contributed by atoms with Gasteiger partial charge in [0.25, 0.3) is 0 Å². The number of hydrogen-bond donors (Lipinski definition) is 6. The van der Waals surface area contributed by atoms with Gasteiger partial charge in [0.05, 0.1) is 45.1 Å². The maximum atomic E-state index is 12.6. The lowest BCUT2D eigenvalue weighted by molar-refractivity contribution is -0.143. The van der Waals surface area contributed by atoms with Crippen LogP contribution in [0.4, 0.5) is 22.7 Å². The van der Waals surface area contributed by atoms with Crippen molar-refractivity contribution in [1.82, 2.24) is 35.1 Å². The standard InChI is InChI=1S/2C16H22N2O2.C15H21N3O2.2C15H20N2O2/c1-11(19)16(2,3)18(4)15(20)14-9-12-7-5-6-8-13(12)10-17-14;1-11(19)16(2,3)18(4)15(20)14-10-9-12-7-5-6-8-13(12)17-14;1-10(19)15(2,3)18(4)14(20)13-9-16-11-7-5-6-8-12(11)17-13;1-10(18)15(2,3)17(4)14(19)13-12-8-6-5-7-11(12)9-16-13;1-10(18)15(2,3)17(4)14(19)13-9-11-7-5-6-8-12(11)16-13/h2*5-8,14,17H,9-10H2,1-4H3;5-8,13,16-17H,9H2,1-4H3;2*5-8,13,16H,9H2,1-4H3. The second-order valence-corrected chi connectivity index (χ2v) is 28.6. The van der Waals surface area contributed by atoms with Crippen LogP contribution < -0.4 is 31.9 Å². The van der Waals surface area contributed by atoms with Gasteiger partial charge in [-0.25, -0.2) is 0 Å². The topological polar surface area (TPSA) is 259 Å². The molecule has 21 heteroatoms. The number of amides is 5. The van der Waals surface area contributed by atoms with E-state index in [9.17, 15) is 47.9 Å². The molecule has 528 valence electrons. The Morgan fingerprint density at radius 1 is 0.337 bits per heavy atom. The second-order valence-electron chi connectivity index (χ2n) is 28.6. The van der Waals surface area contributed by atoms with Gasteiger partial charge in [0.15, 0.2) is 28.9 Å². The molecule has 5 heterocycles. The number of ketones is 5. The van der Waals surface area contributed by atoms with Gasteiger partial charge < -0.3 is 51.1 Å². The van der Waals surface area contributed by atoms with Crippen LogP contribution >= 0.6 is 0 Å². The number of carbonyl (C=O) groups excluding carboxylic acids is 10. The van der Waals surface area contributed by atoms with Gasteiger partial charge in [-0.1, -0.05) is 97.1 Å². The Morgan fingerprint density at radius 2 is 0.663 bits per heavy atom. The van der Waals surface area contributed by atoms with Crippen molar-refractivity contribution in [1.29, 1.82) is 0 Å². The molecule has 5 unspecified atom stereocenters. The Kier molecular flexibility index (Phi) is 25.5. The number of nitrogens with one attached hydrogen (secondary N) is 6. The van der Waals surface area contributed by atoms with Gasteiger partial charge >= 0.3 is 0 Å². The van der Waals surface area contributed by atoms with Gasteiger partial charge in [0, 0.05) is 72.7 Å². The smallest absolute Gasteiger partial charge is 0.247 e. The molecule has 0 fully saturated rings. The number of para-hydroxylation sites is 4. The highest BCUT2D eigenvalue weighted by atomic mass is 16.2. The Labute approximate surface area is 580 Å². The van der Waals surface area contributed by atoms with Gasteiger partial charge in [0.2, 0.25) is 29.5 Å². The molecule has 98 heavy (non-hydrogen) atoms. The summed E-state index contributed by atoms with van der Waals surface area (Å²) in [7, 11) is 8.45. The maximum absolute atomic E-state index is 12.6. The molecule has 5 amide bonds. The molecule has 0 radical (unpaired) electrons. The van der Waals surface area contributed by atoms with Crippen LogP contribution in [0.2, 0.25) is 0 Å². The highest BCUT2D eigenvalue weighted by Gasteiger charge is 2.42. The quantitative estimate of drug-likeness (QED) is 0.0571. The molecule has 5 aromatic carbocycles. The summed E-state index contributed by atoms with van der Waals surface area (Å²) < 4.78 is 0. The fraction of sp³-hybridized carbons (Fsp3) is 0.481. The van der Waals surface area contributed by atoms with Gasteiger partial charge in [-0.15, -0.1) is 0 Å². The highest BCUT2D eigenvalue weighted by Crippen LogP contribution is 2.32. The van der Waals surface area contributed by atoms with Gasteiger partial charge in [0.1, 0.15) is 24.2 Å². The summed E-state index contributed by atoms with van der Waals surface area (Å²) in [4.78, 5) is 129. The summed E-state index contributed by atoms with van der Waals surface area (Å²) in [6, 6.07) is 38.2. The van der Waals surface area contributed by atoms with Crippen molar-refractivity contribution in [2.24, 2.45) is 0 Å². The van der Waals surface area contributed by atoms with Crippen molar-refractivity contribution in [3.8, 4) is 0 Å². The third-order valence-electron chi connectivity index (χ3n) is 21.1. The molecule has 0 saturated carbocycles. The highest BCUT2D eigenvalue weighted by molar-refractivity contribution is 5.97. The van der Waals surface area contributed by atoms with E-state index in [1.54, 1.807) is 119 Å². The van der Waals surface area contributed by atoms with Crippen LogP contribution in [0.25, 0.3) is 0 Å². The van der Waals surface area contributed by atoms with Crippen molar-refractivity contribution in [2.45, 2.75) is 201 Å². The van der Waals surface area contributed by atoms with Gasteiger partial charge in [-0.2, -0.15) is 0 Å². The third kappa shape index (κ3) is 17.8. The first-order chi connectivity index (χ1) is 45.7. The molecule has 5 aliphatic rings. The number of carbonyl (C=O) groups is 10. The number of benzene rings is 5. The first kappa shape index (κ1) is 77.9. The van der Waals surface area contributed by atoms with Crippen LogP contribution in [0.5, 0.6) is 0 Å².